The molecule has 0 spiro atoms. The molecule has 5 heteroatoms. The average molecular weight is 252 g/mol. The summed E-state index contributed by atoms with van der Waals surface area (Å²) >= 11 is 0. The smallest absolute Gasteiger partial charge is 0.298 e. The van der Waals surface area contributed by atoms with E-state index in [0.29, 0.717) is 31.9 Å². The number of rotatable bonds is 2. The highest BCUT2D eigenvalue weighted by molar-refractivity contribution is 5.74. The fourth-order valence-electron chi connectivity index (χ4n) is 2.34. The van der Waals surface area contributed by atoms with Crippen LogP contribution in [0.1, 0.15) is 12.8 Å². The van der Waals surface area contributed by atoms with E-state index in [0.717, 1.165) is 11.1 Å². The van der Waals surface area contributed by atoms with Crippen LogP contribution < -0.4 is 4.90 Å². The number of aromatic nitrogens is 1. The number of oxazole rings is 1. The first-order valence-corrected chi connectivity index (χ1v) is 6.13. The van der Waals surface area contributed by atoms with E-state index in [1.807, 2.05) is 29.2 Å². The van der Waals surface area contributed by atoms with Gasteiger partial charge in [-0.05, 0) is 25.0 Å². The second-order valence-corrected chi connectivity index (χ2v) is 4.62. The molecule has 2 aromatic rings. The van der Waals surface area contributed by atoms with Crippen LogP contribution in [-0.2, 0) is 0 Å². The first-order chi connectivity index (χ1) is 8.74. The Morgan fingerprint density at radius 1 is 1.22 bits per heavy atom. The molecule has 0 amide bonds. The highest BCUT2D eigenvalue weighted by Gasteiger charge is 2.28. The first kappa shape index (κ1) is 11.4. The Hall–Kier alpha value is -1.65. The van der Waals surface area contributed by atoms with Crippen LogP contribution in [0.2, 0.25) is 0 Å². The van der Waals surface area contributed by atoms with Gasteiger partial charge >= 0.3 is 0 Å². The molecule has 1 saturated heterocycles. The van der Waals surface area contributed by atoms with Crippen molar-refractivity contribution < 1.29 is 13.2 Å². The molecule has 3 rings (SSSR count). The molecule has 1 aliphatic heterocycles. The summed E-state index contributed by atoms with van der Waals surface area (Å²) in [4.78, 5) is 6.32. The quantitative estimate of drug-likeness (QED) is 0.821. The molecule has 1 aliphatic rings. The van der Waals surface area contributed by atoms with Crippen LogP contribution >= 0.6 is 0 Å². The van der Waals surface area contributed by atoms with Crippen molar-refractivity contribution in [3.05, 3.63) is 24.3 Å². The van der Waals surface area contributed by atoms with Crippen LogP contribution in [-0.4, -0.2) is 24.5 Å². The van der Waals surface area contributed by atoms with Gasteiger partial charge in [0.05, 0.1) is 0 Å². The van der Waals surface area contributed by atoms with Gasteiger partial charge in [0.1, 0.15) is 5.52 Å². The molecule has 1 aromatic heterocycles. The summed E-state index contributed by atoms with van der Waals surface area (Å²) in [5.74, 6) is -0.481. The maximum atomic E-state index is 12.6. The maximum Gasteiger partial charge on any atom is 0.298 e. The number of piperidine rings is 1. The lowest BCUT2D eigenvalue weighted by atomic mass is 9.98. The Bertz CT molecular complexity index is 500. The summed E-state index contributed by atoms with van der Waals surface area (Å²) in [5, 5.41) is 0. The molecule has 0 radical (unpaired) electrons. The number of benzene rings is 1. The highest BCUT2D eigenvalue weighted by atomic mass is 19.3. The molecule has 0 saturated carbocycles. The van der Waals surface area contributed by atoms with Gasteiger partial charge in [0.2, 0.25) is 6.43 Å². The minimum atomic E-state index is -2.21. The summed E-state index contributed by atoms with van der Waals surface area (Å²) in [6.45, 7) is 1.17. The highest BCUT2D eigenvalue weighted by Crippen LogP contribution is 2.28. The number of alkyl halides is 2. The topological polar surface area (TPSA) is 29.3 Å². The van der Waals surface area contributed by atoms with Crippen molar-refractivity contribution >= 4 is 17.1 Å². The Balaban J connectivity index is 1.76. The predicted octanol–water partition coefficient (Wildman–Crippen LogP) is 3.31. The van der Waals surface area contributed by atoms with Crippen molar-refractivity contribution in [1.82, 2.24) is 4.98 Å². The molecule has 1 aromatic carbocycles. The molecule has 1 fully saturated rings. The van der Waals surface area contributed by atoms with Crippen molar-refractivity contribution in [2.45, 2.75) is 19.3 Å². The Labute approximate surface area is 103 Å². The van der Waals surface area contributed by atoms with E-state index >= 15 is 0 Å². The van der Waals surface area contributed by atoms with Gasteiger partial charge in [-0.15, -0.1) is 0 Å². The van der Waals surface area contributed by atoms with Gasteiger partial charge in [0.25, 0.3) is 6.01 Å². The fourth-order valence-corrected chi connectivity index (χ4v) is 2.34. The van der Waals surface area contributed by atoms with Gasteiger partial charge in [-0.2, -0.15) is 4.98 Å². The predicted molar refractivity (Wildman–Crippen MR) is 65.0 cm³/mol. The third-order valence-electron chi connectivity index (χ3n) is 3.45. The number of fused-ring (bicyclic) bond motifs is 1. The van der Waals surface area contributed by atoms with Gasteiger partial charge in [-0.1, -0.05) is 12.1 Å². The summed E-state index contributed by atoms with van der Waals surface area (Å²) in [6.07, 6.45) is -1.22. The molecule has 0 bridgehead atoms. The van der Waals surface area contributed by atoms with Crippen LogP contribution in [0.25, 0.3) is 11.1 Å². The second kappa shape index (κ2) is 4.55. The molecular weight excluding hydrogens is 238 g/mol. The van der Waals surface area contributed by atoms with E-state index in [1.165, 1.54) is 0 Å². The van der Waals surface area contributed by atoms with Crippen molar-refractivity contribution in [3.8, 4) is 0 Å². The Morgan fingerprint density at radius 3 is 2.61 bits per heavy atom. The number of nitrogens with zero attached hydrogens (tertiary/aromatic N) is 2. The molecular formula is C13H14F2N2O. The van der Waals surface area contributed by atoms with Crippen molar-refractivity contribution in [3.63, 3.8) is 0 Å². The lowest BCUT2D eigenvalue weighted by Crippen LogP contribution is -2.36. The Morgan fingerprint density at radius 2 is 1.94 bits per heavy atom. The van der Waals surface area contributed by atoms with Crippen molar-refractivity contribution in [1.29, 1.82) is 0 Å². The molecule has 96 valence electrons. The molecule has 0 atom stereocenters. The van der Waals surface area contributed by atoms with E-state index in [1.54, 1.807) is 0 Å². The Kier molecular flexibility index (Phi) is 2.89. The van der Waals surface area contributed by atoms with E-state index in [4.69, 9.17) is 4.42 Å². The van der Waals surface area contributed by atoms with Gasteiger partial charge in [0, 0.05) is 19.0 Å². The molecule has 18 heavy (non-hydrogen) atoms. The molecule has 0 N–H and O–H groups in total. The fraction of sp³-hybridized carbons (Fsp3) is 0.462. The zero-order valence-electron chi connectivity index (χ0n) is 9.85. The van der Waals surface area contributed by atoms with Gasteiger partial charge in [0.15, 0.2) is 5.58 Å². The average Bonchev–Trinajstić information content (AvgIpc) is 2.82. The summed E-state index contributed by atoms with van der Waals surface area (Å²) in [6, 6.07) is 8.08. The number of hydrogen-bond acceptors (Lipinski definition) is 3. The minimum Gasteiger partial charge on any atom is -0.423 e. The van der Waals surface area contributed by atoms with E-state index in [-0.39, 0.29) is 0 Å². The monoisotopic (exact) mass is 252 g/mol. The van der Waals surface area contributed by atoms with Crippen molar-refractivity contribution in [2.75, 3.05) is 18.0 Å². The van der Waals surface area contributed by atoms with E-state index < -0.39 is 12.3 Å². The molecule has 2 heterocycles. The lowest BCUT2D eigenvalue weighted by Gasteiger charge is -2.30. The maximum absolute atomic E-state index is 12.6. The van der Waals surface area contributed by atoms with Crippen LogP contribution in [0.4, 0.5) is 14.8 Å². The van der Waals surface area contributed by atoms with Gasteiger partial charge < -0.3 is 9.32 Å². The number of para-hydroxylation sites is 2. The van der Waals surface area contributed by atoms with Crippen LogP contribution in [0.3, 0.4) is 0 Å². The molecule has 0 unspecified atom stereocenters. The summed E-state index contributed by atoms with van der Waals surface area (Å²) in [7, 11) is 0. The zero-order valence-corrected chi connectivity index (χ0v) is 9.85. The van der Waals surface area contributed by atoms with Gasteiger partial charge in [-0.3, -0.25) is 0 Å². The second-order valence-electron chi connectivity index (χ2n) is 4.62. The van der Waals surface area contributed by atoms with Crippen LogP contribution in [0.15, 0.2) is 28.7 Å². The number of hydrogen-bond donors (Lipinski definition) is 0. The normalized spacial score (nSPS) is 17.8. The third kappa shape index (κ3) is 2.05. The van der Waals surface area contributed by atoms with E-state index in [9.17, 15) is 8.78 Å². The summed E-state index contributed by atoms with van der Waals surface area (Å²) in [5.41, 5.74) is 1.55. The minimum absolute atomic E-state index is 0.481. The standard InChI is InChI=1S/C13H14F2N2O/c14-12(15)9-5-7-17(8-6-9)13-16-10-3-1-2-4-11(10)18-13/h1-4,9,12H,5-8H2. The van der Waals surface area contributed by atoms with E-state index in [2.05, 4.69) is 4.98 Å². The molecule has 0 aliphatic carbocycles. The van der Waals surface area contributed by atoms with Crippen LogP contribution in [0.5, 0.6) is 0 Å². The summed E-state index contributed by atoms with van der Waals surface area (Å²) < 4.78 is 30.8. The number of anilines is 1. The van der Waals surface area contributed by atoms with Crippen LogP contribution in [0, 0.1) is 5.92 Å². The largest absolute Gasteiger partial charge is 0.423 e. The number of halogens is 2. The zero-order chi connectivity index (χ0) is 12.5. The lowest BCUT2D eigenvalue weighted by molar-refractivity contribution is 0.0631. The first-order valence-electron chi connectivity index (χ1n) is 6.13. The van der Waals surface area contributed by atoms with Gasteiger partial charge in [-0.25, -0.2) is 8.78 Å². The molecule has 3 nitrogen and oxygen atoms in total. The van der Waals surface area contributed by atoms with Crippen molar-refractivity contribution in [2.24, 2.45) is 5.92 Å². The third-order valence-corrected chi connectivity index (χ3v) is 3.45. The SMILES string of the molecule is FC(F)C1CCN(c2nc3ccccc3o2)CC1.